The zero-order valence-electron chi connectivity index (χ0n) is 8.79. The number of halogens is 1. The number of rotatable bonds is 5. The van der Waals surface area contributed by atoms with Crippen molar-refractivity contribution >= 4 is 34.0 Å². The number of hydrogen-bond donors (Lipinski definition) is 2. The van der Waals surface area contributed by atoms with Gasteiger partial charge in [-0.3, -0.25) is 0 Å². The van der Waals surface area contributed by atoms with Gasteiger partial charge in [-0.1, -0.05) is 21.6 Å². The minimum Gasteiger partial charge on any atom is -0.329 e. The Kier molecular flexibility index (Phi) is 8.05. The molecule has 0 aromatic heterocycles. The second kappa shape index (κ2) is 6.40. The molecule has 0 amide bonds. The fraction of sp³-hybridized carbons (Fsp3) is 1.00. The maximum absolute atomic E-state index is 5.61. The second-order valence-corrected chi connectivity index (χ2v) is 7.64. The molecule has 13 heavy (non-hydrogen) atoms. The Hall–Kier alpha value is 0.910. The summed E-state index contributed by atoms with van der Waals surface area (Å²) in [5.74, 6) is 0. The molecule has 0 aliphatic rings. The van der Waals surface area contributed by atoms with Gasteiger partial charge in [-0.05, 0) is 27.7 Å². The average Bonchev–Trinajstić information content (AvgIpc) is 2.02. The van der Waals surface area contributed by atoms with E-state index < -0.39 is 0 Å². The van der Waals surface area contributed by atoms with Crippen LogP contribution in [0.25, 0.3) is 0 Å². The highest BCUT2D eigenvalue weighted by molar-refractivity contribution is 8.77. The second-order valence-electron chi connectivity index (χ2n) is 4.09. The Morgan fingerprint density at radius 3 is 1.23 bits per heavy atom. The summed E-state index contributed by atoms with van der Waals surface area (Å²) in [6, 6.07) is 0. The Bertz CT molecular complexity index is 124. The fourth-order valence-corrected chi connectivity index (χ4v) is 2.64. The Morgan fingerprint density at radius 1 is 0.846 bits per heavy atom. The molecule has 0 aromatic carbocycles. The average molecular weight is 245 g/mol. The Morgan fingerprint density at radius 2 is 1.08 bits per heavy atom. The first-order valence-corrected chi connectivity index (χ1v) is 6.25. The van der Waals surface area contributed by atoms with E-state index in [9.17, 15) is 0 Å². The van der Waals surface area contributed by atoms with Gasteiger partial charge in [-0.2, -0.15) is 0 Å². The SMILES string of the molecule is CC(C)(CN)SSC(C)(C)CN.Cl. The van der Waals surface area contributed by atoms with Crippen LogP contribution in [0.3, 0.4) is 0 Å². The van der Waals surface area contributed by atoms with Crippen LogP contribution in [-0.4, -0.2) is 22.6 Å². The molecule has 0 heterocycles. The largest absolute Gasteiger partial charge is 0.329 e. The van der Waals surface area contributed by atoms with Crippen molar-refractivity contribution in [2.45, 2.75) is 37.2 Å². The molecule has 0 rings (SSSR count). The van der Waals surface area contributed by atoms with Gasteiger partial charge >= 0.3 is 0 Å². The topological polar surface area (TPSA) is 52.0 Å². The Labute approximate surface area is 95.8 Å². The molecule has 0 unspecified atom stereocenters. The lowest BCUT2D eigenvalue weighted by Crippen LogP contribution is -2.30. The third kappa shape index (κ3) is 7.94. The van der Waals surface area contributed by atoms with Gasteiger partial charge in [0.05, 0.1) is 0 Å². The van der Waals surface area contributed by atoms with Crippen molar-refractivity contribution in [3.63, 3.8) is 0 Å². The van der Waals surface area contributed by atoms with E-state index in [0.717, 1.165) is 0 Å². The fourth-order valence-electron chi connectivity index (χ4n) is 0.294. The van der Waals surface area contributed by atoms with E-state index in [1.54, 1.807) is 0 Å². The van der Waals surface area contributed by atoms with E-state index in [1.807, 2.05) is 21.6 Å². The zero-order valence-corrected chi connectivity index (χ0v) is 11.2. The minimum atomic E-state index is 0. The quantitative estimate of drug-likeness (QED) is 0.729. The van der Waals surface area contributed by atoms with Crippen molar-refractivity contribution in [3.05, 3.63) is 0 Å². The van der Waals surface area contributed by atoms with Crippen molar-refractivity contribution in [2.24, 2.45) is 11.5 Å². The summed E-state index contributed by atoms with van der Waals surface area (Å²) in [7, 11) is 3.64. The smallest absolute Gasteiger partial charge is 0.0329 e. The van der Waals surface area contributed by atoms with Gasteiger partial charge in [0.1, 0.15) is 0 Å². The molecule has 0 radical (unpaired) electrons. The van der Waals surface area contributed by atoms with Crippen LogP contribution in [-0.2, 0) is 0 Å². The standard InChI is InChI=1S/C8H20N2S2.ClH/c1-7(2,5-9)11-12-8(3,4)6-10;/h5-6,9-10H2,1-4H3;1H. The lowest BCUT2D eigenvalue weighted by molar-refractivity contribution is 0.720. The maximum Gasteiger partial charge on any atom is 0.0329 e. The van der Waals surface area contributed by atoms with E-state index >= 15 is 0 Å². The first-order chi connectivity index (χ1) is 5.33. The summed E-state index contributed by atoms with van der Waals surface area (Å²) in [5.41, 5.74) is 11.2. The zero-order chi connectivity index (χ0) is 9.83. The van der Waals surface area contributed by atoms with Gasteiger partial charge in [0.2, 0.25) is 0 Å². The van der Waals surface area contributed by atoms with Crippen LogP contribution in [0, 0.1) is 0 Å². The molecule has 0 aliphatic carbocycles. The van der Waals surface area contributed by atoms with Crippen LogP contribution in [0.4, 0.5) is 0 Å². The molecule has 5 heteroatoms. The van der Waals surface area contributed by atoms with Gasteiger partial charge in [-0.25, -0.2) is 0 Å². The molecule has 0 atom stereocenters. The van der Waals surface area contributed by atoms with E-state index in [2.05, 4.69) is 27.7 Å². The minimum absolute atomic E-state index is 0. The van der Waals surface area contributed by atoms with Crippen molar-refractivity contribution in [3.8, 4) is 0 Å². The van der Waals surface area contributed by atoms with E-state index in [-0.39, 0.29) is 21.9 Å². The molecule has 0 aliphatic heterocycles. The molecular weight excluding hydrogens is 224 g/mol. The maximum atomic E-state index is 5.61. The van der Waals surface area contributed by atoms with Gasteiger partial charge in [-0.15, -0.1) is 12.4 Å². The van der Waals surface area contributed by atoms with Crippen LogP contribution < -0.4 is 11.5 Å². The molecule has 0 saturated carbocycles. The summed E-state index contributed by atoms with van der Waals surface area (Å²) in [4.78, 5) is 0. The molecule has 0 fully saturated rings. The van der Waals surface area contributed by atoms with Crippen molar-refractivity contribution in [1.82, 2.24) is 0 Å². The van der Waals surface area contributed by atoms with Gasteiger partial charge in [0.25, 0.3) is 0 Å². The molecule has 0 saturated heterocycles. The van der Waals surface area contributed by atoms with Gasteiger partial charge in [0, 0.05) is 22.6 Å². The molecule has 2 nitrogen and oxygen atoms in total. The summed E-state index contributed by atoms with van der Waals surface area (Å²) in [5, 5.41) is 0. The third-order valence-electron chi connectivity index (χ3n) is 1.48. The number of nitrogens with two attached hydrogens (primary N) is 2. The van der Waals surface area contributed by atoms with Crippen molar-refractivity contribution < 1.29 is 0 Å². The first kappa shape index (κ1) is 16.3. The van der Waals surface area contributed by atoms with Crippen molar-refractivity contribution in [1.29, 1.82) is 0 Å². The monoisotopic (exact) mass is 244 g/mol. The summed E-state index contributed by atoms with van der Waals surface area (Å²) < 4.78 is 0.300. The molecule has 0 aromatic rings. The van der Waals surface area contributed by atoms with Gasteiger partial charge < -0.3 is 11.5 Å². The highest BCUT2D eigenvalue weighted by Gasteiger charge is 2.23. The predicted octanol–water partition coefficient (Wildman–Crippen LogP) is 2.26. The summed E-state index contributed by atoms with van der Waals surface area (Å²) in [6.45, 7) is 10.00. The lowest BCUT2D eigenvalue weighted by Gasteiger charge is -2.27. The molecule has 0 spiro atoms. The van der Waals surface area contributed by atoms with Crippen LogP contribution in [0.5, 0.6) is 0 Å². The van der Waals surface area contributed by atoms with Gasteiger partial charge in [0.15, 0.2) is 0 Å². The van der Waals surface area contributed by atoms with Crippen LogP contribution in [0.15, 0.2) is 0 Å². The molecule has 4 N–H and O–H groups in total. The van der Waals surface area contributed by atoms with Crippen LogP contribution >= 0.6 is 34.0 Å². The third-order valence-corrected chi connectivity index (χ3v) is 5.75. The van der Waals surface area contributed by atoms with E-state index in [1.165, 1.54) is 0 Å². The van der Waals surface area contributed by atoms with E-state index in [4.69, 9.17) is 11.5 Å². The normalized spacial score (nSPS) is 12.5. The lowest BCUT2D eigenvalue weighted by atomic mass is 10.2. The van der Waals surface area contributed by atoms with Crippen LogP contribution in [0.1, 0.15) is 27.7 Å². The van der Waals surface area contributed by atoms with E-state index in [0.29, 0.717) is 13.1 Å². The summed E-state index contributed by atoms with van der Waals surface area (Å²) >= 11 is 0. The first-order valence-electron chi connectivity index (χ1n) is 4.10. The summed E-state index contributed by atoms with van der Waals surface area (Å²) in [6.07, 6.45) is 0. The molecule has 0 bridgehead atoms. The number of hydrogen-bond acceptors (Lipinski definition) is 4. The molecular formula is C8H21ClN2S2. The predicted molar refractivity (Wildman–Crippen MR) is 68.7 cm³/mol. The van der Waals surface area contributed by atoms with Crippen molar-refractivity contribution in [2.75, 3.05) is 13.1 Å². The van der Waals surface area contributed by atoms with Crippen LogP contribution in [0.2, 0.25) is 0 Å². The highest BCUT2D eigenvalue weighted by atomic mass is 35.5. The highest BCUT2D eigenvalue weighted by Crippen LogP contribution is 2.42. The molecule has 82 valence electrons. The Balaban J connectivity index is 0.